The van der Waals surface area contributed by atoms with Crippen molar-refractivity contribution in [2.45, 2.75) is 64.3 Å². The summed E-state index contributed by atoms with van der Waals surface area (Å²) >= 11 is 0. The maximum Gasteiger partial charge on any atom is 0.145 e. The molecular weight excluding hydrogens is 238 g/mol. The number of anilines is 2. The van der Waals surface area contributed by atoms with Crippen LogP contribution in [0, 0.1) is 0 Å². The number of hydrogen-bond acceptors (Lipinski definition) is 5. The lowest BCUT2D eigenvalue weighted by molar-refractivity contribution is 0.616. The average molecular weight is 263 g/mol. The number of aryl methyl sites for hydroxylation is 1. The third-order valence-electron chi connectivity index (χ3n) is 3.60. The smallest absolute Gasteiger partial charge is 0.145 e. The lowest BCUT2D eigenvalue weighted by atomic mass is 10.1. The first kappa shape index (κ1) is 14.1. The molecule has 1 aliphatic carbocycles. The molecule has 0 aliphatic heterocycles. The van der Waals surface area contributed by atoms with E-state index in [-0.39, 0.29) is 0 Å². The molecule has 1 aliphatic rings. The van der Waals surface area contributed by atoms with Crippen LogP contribution in [0.5, 0.6) is 0 Å². The zero-order valence-electron chi connectivity index (χ0n) is 11.8. The molecule has 0 amide bonds. The molecule has 5 nitrogen and oxygen atoms in total. The average Bonchev–Trinajstić information content (AvgIpc) is 2.67. The van der Waals surface area contributed by atoms with Crippen LogP contribution in [0.15, 0.2) is 6.07 Å². The molecule has 0 aromatic carbocycles. The number of nitrogens with two attached hydrogens (primary N) is 1. The Bertz CT molecular complexity index is 385. The zero-order valence-corrected chi connectivity index (χ0v) is 11.8. The van der Waals surface area contributed by atoms with Crippen LogP contribution in [-0.2, 0) is 6.42 Å². The molecule has 106 valence electrons. The minimum absolute atomic E-state index is 0.539. The van der Waals surface area contributed by atoms with E-state index in [1.165, 1.54) is 38.5 Å². The molecule has 1 fully saturated rings. The standard InChI is InChI=1S/C14H25N5/c1-2-7-12-17-13(10-14(18-12)19-15)16-11-8-5-3-4-6-9-11/h10-11H,2-9,15H2,1H3,(H2,16,17,18,19). The van der Waals surface area contributed by atoms with Crippen molar-refractivity contribution < 1.29 is 0 Å². The van der Waals surface area contributed by atoms with Gasteiger partial charge in [0.25, 0.3) is 0 Å². The fourth-order valence-corrected chi connectivity index (χ4v) is 2.61. The Morgan fingerprint density at radius 3 is 2.47 bits per heavy atom. The first-order valence-electron chi connectivity index (χ1n) is 7.43. The molecule has 2 rings (SSSR count). The summed E-state index contributed by atoms with van der Waals surface area (Å²) in [5, 5.41) is 3.55. The minimum Gasteiger partial charge on any atom is -0.367 e. The van der Waals surface area contributed by atoms with Crippen LogP contribution in [0.2, 0.25) is 0 Å². The van der Waals surface area contributed by atoms with Crippen molar-refractivity contribution in [3.05, 3.63) is 11.9 Å². The number of nitrogens with one attached hydrogen (secondary N) is 2. The van der Waals surface area contributed by atoms with Crippen molar-refractivity contribution in [3.63, 3.8) is 0 Å². The largest absolute Gasteiger partial charge is 0.367 e. The molecule has 0 bridgehead atoms. The predicted molar refractivity (Wildman–Crippen MR) is 78.9 cm³/mol. The fraction of sp³-hybridized carbons (Fsp3) is 0.714. The second-order valence-corrected chi connectivity index (χ2v) is 5.28. The Kier molecular flexibility index (Phi) is 5.39. The summed E-state index contributed by atoms with van der Waals surface area (Å²) in [6.45, 7) is 2.13. The molecule has 0 spiro atoms. The van der Waals surface area contributed by atoms with Gasteiger partial charge in [-0.2, -0.15) is 0 Å². The summed E-state index contributed by atoms with van der Waals surface area (Å²) in [5.74, 6) is 7.92. The van der Waals surface area contributed by atoms with Crippen molar-refractivity contribution in [2.24, 2.45) is 5.84 Å². The first-order chi connectivity index (χ1) is 9.31. The van der Waals surface area contributed by atoms with Crippen LogP contribution >= 0.6 is 0 Å². The Morgan fingerprint density at radius 2 is 1.84 bits per heavy atom. The highest BCUT2D eigenvalue weighted by molar-refractivity contribution is 5.47. The number of rotatable bonds is 5. The SMILES string of the molecule is CCCc1nc(NN)cc(NC2CCCCCC2)n1. The van der Waals surface area contributed by atoms with Crippen LogP contribution in [0.4, 0.5) is 11.6 Å². The maximum absolute atomic E-state index is 5.47. The predicted octanol–water partition coefficient (Wildman–Crippen LogP) is 2.85. The zero-order chi connectivity index (χ0) is 13.5. The second-order valence-electron chi connectivity index (χ2n) is 5.28. The van der Waals surface area contributed by atoms with E-state index in [9.17, 15) is 0 Å². The van der Waals surface area contributed by atoms with Crippen molar-refractivity contribution in [2.75, 3.05) is 10.7 Å². The van der Waals surface area contributed by atoms with E-state index in [2.05, 4.69) is 27.6 Å². The lowest BCUT2D eigenvalue weighted by Crippen LogP contribution is -2.20. The van der Waals surface area contributed by atoms with E-state index in [0.29, 0.717) is 11.9 Å². The van der Waals surface area contributed by atoms with Gasteiger partial charge < -0.3 is 10.7 Å². The van der Waals surface area contributed by atoms with E-state index in [0.717, 1.165) is 24.5 Å². The molecule has 0 saturated heterocycles. The van der Waals surface area contributed by atoms with Crippen molar-refractivity contribution in [1.82, 2.24) is 9.97 Å². The Balaban J connectivity index is 2.06. The molecule has 19 heavy (non-hydrogen) atoms. The molecule has 0 unspecified atom stereocenters. The molecule has 5 heteroatoms. The van der Waals surface area contributed by atoms with Crippen LogP contribution in [0.3, 0.4) is 0 Å². The van der Waals surface area contributed by atoms with Gasteiger partial charge >= 0.3 is 0 Å². The molecule has 0 atom stereocenters. The summed E-state index contributed by atoms with van der Waals surface area (Å²) in [6.07, 6.45) is 9.74. The molecule has 1 aromatic heterocycles. The normalized spacial score (nSPS) is 16.9. The van der Waals surface area contributed by atoms with Gasteiger partial charge in [-0.3, -0.25) is 0 Å². The lowest BCUT2D eigenvalue weighted by Gasteiger charge is -2.17. The van der Waals surface area contributed by atoms with Crippen LogP contribution < -0.4 is 16.6 Å². The van der Waals surface area contributed by atoms with Gasteiger partial charge in [0.2, 0.25) is 0 Å². The Labute approximate surface area is 115 Å². The molecule has 4 N–H and O–H groups in total. The minimum atomic E-state index is 0.539. The van der Waals surface area contributed by atoms with E-state index in [4.69, 9.17) is 5.84 Å². The summed E-state index contributed by atoms with van der Waals surface area (Å²) in [7, 11) is 0. The van der Waals surface area contributed by atoms with Gasteiger partial charge in [0.05, 0.1) is 0 Å². The van der Waals surface area contributed by atoms with Gasteiger partial charge in [-0.15, -0.1) is 0 Å². The van der Waals surface area contributed by atoms with Gasteiger partial charge in [0.15, 0.2) is 0 Å². The summed E-state index contributed by atoms with van der Waals surface area (Å²) < 4.78 is 0. The van der Waals surface area contributed by atoms with E-state index in [1.54, 1.807) is 0 Å². The van der Waals surface area contributed by atoms with Crippen molar-refractivity contribution in [3.8, 4) is 0 Å². The number of hydrogen-bond donors (Lipinski definition) is 3. The summed E-state index contributed by atoms with van der Waals surface area (Å²) in [5.41, 5.74) is 2.62. The fourth-order valence-electron chi connectivity index (χ4n) is 2.61. The highest BCUT2D eigenvalue weighted by Gasteiger charge is 2.13. The van der Waals surface area contributed by atoms with Gasteiger partial charge in [0, 0.05) is 18.5 Å². The maximum atomic E-state index is 5.47. The van der Waals surface area contributed by atoms with Crippen LogP contribution in [-0.4, -0.2) is 16.0 Å². The van der Waals surface area contributed by atoms with Gasteiger partial charge in [-0.1, -0.05) is 32.6 Å². The van der Waals surface area contributed by atoms with E-state index >= 15 is 0 Å². The van der Waals surface area contributed by atoms with E-state index in [1.807, 2.05) is 6.07 Å². The number of aromatic nitrogens is 2. The molecule has 0 radical (unpaired) electrons. The van der Waals surface area contributed by atoms with Gasteiger partial charge in [0.1, 0.15) is 17.5 Å². The summed E-state index contributed by atoms with van der Waals surface area (Å²) in [4.78, 5) is 8.94. The molecule has 1 aromatic rings. The third kappa shape index (κ3) is 4.35. The highest BCUT2D eigenvalue weighted by atomic mass is 15.3. The quantitative estimate of drug-likeness (QED) is 0.432. The number of hydrazine groups is 1. The van der Waals surface area contributed by atoms with E-state index < -0.39 is 0 Å². The molecule has 1 saturated carbocycles. The Morgan fingerprint density at radius 1 is 1.16 bits per heavy atom. The second kappa shape index (κ2) is 7.28. The van der Waals surface area contributed by atoms with Gasteiger partial charge in [-0.25, -0.2) is 15.8 Å². The topological polar surface area (TPSA) is 75.9 Å². The van der Waals surface area contributed by atoms with Crippen molar-refractivity contribution in [1.29, 1.82) is 0 Å². The van der Waals surface area contributed by atoms with Crippen LogP contribution in [0.1, 0.15) is 57.7 Å². The van der Waals surface area contributed by atoms with Gasteiger partial charge in [-0.05, 0) is 19.3 Å². The van der Waals surface area contributed by atoms with Crippen molar-refractivity contribution >= 4 is 11.6 Å². The Hall–Kier alpha value is -1.36. The third-order valence-corrected chi connectivity index (χ3v) is 3.60. The first-order valence-corrected chi connectivity index (χ1v) is 7.43. The molecule has 1 heterocycles. The summed E-state index contributed by atoms with van der Waals surface area (Å²) in [6, 6.07) is 2.43. The number of nitrogen functional groups attached to an aromatic ring is 1. The molecular formula is C14H25N5. The highest BCUT2D eigenvalue weighted by Crippen LogP contribution is 2.21. The van der Waals surface area contributed by atoms with Crippen LogP contribution in [0.25, 0.3) is 0 Å². The monoisotopic (exact) mass is 263 g/mol. The number of nitrogens with zero attached hydrogens (tertiary/aromatic N) is 2.